The molecule has 0 atom stereocenters. The second kappa shape index (κ2) is 6.98. The van der Waals surface area contributed by atoms with Gasteiger partial charge in [0.05, 0.1) is 24.0 Å². The molecule has 2 heterocycles. The van der Waals surface area contributed by atoms with Gasteiger partial charge in [0.2, 0.25) is 0 Å². The summed E-state index contributed by atoms with van der Waals surface area (Å²) in [4.78, 5) is 24.1. The van der Waals surface area contributed by atoms with Gasteiger partial charge in [-0.2, -0.15) is 5.10 Å². The number of fused-ring (bicyclic) bond motifs is 3. The Morgan fingerprint density at radius 2 is 2.04 bits per heavy atom. The molecule has 0 N–H and O–H groups in total. The number of aromatic nitrogens is 2. The average molecular weight is 395 g/mol. The van der Waals surface area contributed by atoms with Gasteiger partial charge in [0, 0.05) is 28.1 Å². The van der Waals surface area contributed by atoms with Gasteiger partial charge in [-0.05, 0) is 31.2 Å². The highest BCUT2D eigenvalue weighted by molar-refractivity contribution is 6.31. The van der Waals surface area contributed by atoms with E-state index < -0.39 is 11.6 Å². The molecule has 2 aromatic heterocycles. The number of hydrogen-bond acceptors (Lipinski definition) is 5. The molecule has 0 amide bonds. The minimum Gasteiger partial charge on any atom is -0.466 e. The summed E-state index contributed by atoms with van der Waals surface area (Å²) in [6.45, 7) is 1.75. The third kappa shape index (κ3) is 2.97. The Hall–Kier alpha value is -3.38. The number of para-hydroxylation sites is 1. The largest absolute Gasteiger partial charge is 0.466 e. The number of methoxy groups -OCH3 is 1. The van der Waals surface area contributed by atoms with Gasteiger partial charge in [0.25, 0.3) is 0 Å². The zero-order valence-corrected chi connectivity index (χ0v) is 15.9. The molecule has 0 spiro atoms. The maximum atomic E-state index is 12.6. The summed E-state index contributed by atoms with van der Waals surface area (Å²) in [6.07, 6.45) is 2.98. The van der Waals surface area contributed by atoms with Crippen molar-refractivity contribution in [2.75, 3.05) is 7.11 Å². The number of rotatable bonds is 3. The van der Waals surface area contributed by atoms with Crippen LogP contribution in [0.1, 0.15) is 11.3 Å². The monoisotopic (exact) mass is 394 g/mol. The first-order valence-electron chi connectivity index (χ1n) is 8.46. The number of carbonyl (C=O) groups excluding carboxylic acids is 1. The van der Waals surface area contributed by atoms with Crippen molar-refractivity contribution in [2.24, 2.45) is 0 Å². The number of carbonyl (C=O) groups is 1. The minimum atomic E-state index is -0.476. The lowest BCUT2D eigenvalue weighted by Crippen LogP contribution is -2.03. The van der Waals surface area contributed by atoms with Crippen molar-refractivity contribution in [3.05, 3.63) is 75.2 Å². The smallest absolute Gasteiger partial charge is 0.347 e. The zero-order valence-electron chi connectivity index (χ0n) is 15.1. The predicted molar refractivity (Wildman–Crippen MR) is 108 cm³/mol. The molecule has 28 heavy (non-hydrogen) atoms. The first kappa shape index (κ1) is 18.0. The molecule has 0 aliphatic carbocycles. The molecule has 7 heteroatoms. The van der Waals surface area contributed by atoms with E-state index in [2.05, 4.69) is 9.84 Å². The van der Waals surface area contributed by atoms with Crippen LogP contribution < -0.4 is 5.63 Å². The summed E-state index contributed by atoms with van der Waals surface area (Å²) >= 11 is 6.06. The predicted octanol–water partition coefficient (Wildman–Crippen LogP) is 4.28. The molecular formula is C21H15ClN2O4. The average Bonchev–Trinajstić information content (AvgIpc) is 3.04. The number of nitrogens with zero attached hydrogens (tertiary/aromatic N) is 2. The van der Waals surface area contributed by atoms with Gasteiger partial charge in [0.1, 0.15) is 11.0 Å². The van der Waals surface area contributed by atoms with E-state index in [9.17, 15) is 9.59 Å². The van der Waals surface area contributed by atoms with E-state index in [1.807, 2.05) is 24.3 Å². The number of hydrogen-bond donors (Lipinski definition) is 0. The fraction of sp³-hybridized carbons (Fsp3) is 0.0952. The Morgan fingerprint density at radius 3 is 2.82 bits per heavy atom. The van der Waals surface area contributed by atoms with Gasteiger partial charge in [-0.25, -0.2) is 14.3 Å². The molecule has 0 bridgehead atoms. The molecule has 2 aromatic carbocycles. The first-order chi connectivity index (χ1) is 13.5. The fourth-order valence-corrected chi connectivity index (χ4v) is 3.33. The lowest BCUT2D eigenvalue weighted by atomic mass is 10.1. The van der Waals surface area contributed by atoms with Crippen LogP contribution in [0.5, 0.6) is 0 Å². The Labute approximate surface area is 164 Å². The summed E-state index contributed by atoms with van der Waals surface area (Å²) in [6, 6.07) is 12.6. The molecule has 0 radical (unpaired) electrons. The van der Waals surface area contributed by atoms with E-state index in [0.717, 1.165) is 5.56 Å². The first-order valence-corrected chi connectivity index (χ1v) is 8.84. The van der Waals surface area contributed by atoms with E-state index in [4.69, 9.17) is 16.0 Å². The summed E-state index contributed by atoms with van der Waals surface area (Å²) < 4.78 is 11.8. The van der Waals surface area contributed by atoms with E-state index in [-0.39, 0.29) is 0 Å². The highest BCUT2D eigenvalue weighted by Crippen LogP contribution is 2.30. The van der Waals surface area contributed by atoms with Crippen LogP contribution in [-0.4, -0.2) is 22.9 Å². The summed E-state index contributed by atoms with van der Waals surface area (Å²) in [5, 5.41) is 6.16. The SMILES string of the molecule is COC(=O)/C=C/c1ccccc1-n1nc(C)c2c(=O)oc3cc(Cl)ccc3c21. The molecule has 0 saturated heterocycles. The molecule has 0 saturated carbocycles. The lowest BCUT2D eigenvalue weighted by Gasteiger charge is -2.09. The normalized spacial score (nSPS) is 11.5. The highest BCUT2D eigenvalue weighted by Gasteiger charge is 2.19. The van der Waals surface area contributed by atoms with E-state index in [0.29, 0.717) is 38.3 Å². The molecule has 0 aliphatic rings. The van der Waals surface area contributed by atoms with Crippen LogP contribution >= 0.6 is 11.6 Å². The van der Waals surface area contributed by atoms with E-state index in [1.54, 1.807) is 35.9 Å². The van der Waals surface area contributed by atoms with Crippen molar-refractivity contribution in [1.29, 1.82) is 0 Å². The molecule has 4 aromatic rings. The topological polar surface area (TPSA) is 74.3 Å². The molecule has 0 aliphatic heterocycles. The van der Waals surface area contributed by atoms with Crippen LogP contribution in [0, 0.1) is 6.92 Å². The molecular weight excluding hydrogens is 380 g/mol. The highest BCUT2D eigenvalue weighted by atomic mass is 35.5. The van der Waals surface area contributed by atoms with E-state index >= 15 is 0 Å². The van der Waals surface area contributed by atoms with Gasteiger partial charge in [0.15, 0.2) is 0 Å². The Bertz CT molecular complexity index is 1320. The van der Waals surface area contributed by atoms with Gasteiger partial charge in [-0.15, -0.1) is 0 Å². The molecule has 140 valence electrons. The second-order valence-corrected chi connectivity index (χ2v) is 6.60. The van der Waals surface area contributed by atoms with Crippen molar-refractivity contribution in [3.63, 3.8) is 0 Å². The zero-order chi connectivity index (χ0) is 19.8. The summed E-state index contributed by atoms with van der Waals surface area (Å²) in [7, 11) is 1.32. The van der Waals surface area contributed by atoms with Gasteiger partial charge >= 0.3 is 11.6 Å². The summed E-state index contributed by atoms with van der Waals surface area (Å²) in [5.74, 6) is -0.461. The minimum absolute atomic E-state index is 0.383. The number of benzene rings is 2. The van der Waals surface area contributed by atoms with Gasteiger partial charge < -0.3 is 9.15 Å². The maximum absolute atomic E-state index is 12.6. The third-order valence-electron chi connectivity index (χ3n) is 4.43. The van der Waals surface area contributed by atoms with Crippen molar-refractivity contribution in [1.82, 2.24) is 9.78 Å². The molecule has 4 rings (SSSR count). The van der Waals surface area contributed by atoms with Crippen molar-refractivity contribution < 1.29 is 13.9 Å². The number of halogens is 1. The van der Waals surface area contributed by atoms with Crippen molar-refractivity contribution in [3.8, 4) is 5.69 Å². The van der Waals surface area contributed by atoms with Crippen LogP contribution in [0.15, 0.2) is 57.8 Å². The third-order valence-corrected chi connectivity index (χ3v) is 4.67. The van der Waals surface area contributed by atoms with Crippen molar-refractivity contribution >= 4 is 45.5 Å². The fourth-order valence-electron chi connectivity index (χ4n) is 3.17. The van der Waals surface area contributed by atoms with Crippen LogP contribution in [0.2, 0.25) is 5.02 Å². The summed E-state index contributed by atoms with van der Waals surface area (Å²) in [5.41, 5.74) is 2.53. The van der Waals surface area contributed by atoms with Crippen LogP contribution in [0.4, 0.5) is 0 Å². The Balaban J connectivity index is 2.06. The van der Waals surface area contributed by atoms with E-state index in [1.165, 1.54) is 13.2 Å². The Morgan fingerprint density at radius 1 is 1.25 bits per heavy atom. The second-order valence-electron chi connectivity index (χ2n) is 6.17. The molecule has 6 nitrogen and oxygen atoms in total. The van der Waals surface area contributed by atoms with Gasteiger partial charge in [-0.3, -0.25) is 0 Å². The molecule has 0 fully saturated rings. The quantitative estimate of drug-likeness (QED) is 0.294. The number of aryl methyl sites for hydroxylation is 1. The van der Waals surface area contributed by atoms with Gasteiger partial charge in [-0.1, -0.05) is 29.8 Å². The Kier molecular flexibility index (Phi) is 4.49. The standard InChI is InChI=1S/C21H15ClN2O4/c1-12-19-20(15-9-8-14(22)11-17(15)28-21(19)26)24(23-12)16-6-4-3-5-13(16)7-10-18(25)27-2/h3-11H,1-2H3/b10-7+. The number of esters is 1. The van der Waals surface area contributed by atoms with Crippen LogP contribution in [-0.2, 0) is 9.53 Å². The lowest BCUT2D eigenvalue weighted by molar-refractivity contribution is -0.134. The number of ether oxygens (including phenoxy) is 1. The molecule has 0 unspecified atom stereocenters. The van der Waals surface area contributed by atoms with Crippen molar-refractivity contribution in [2.45, 2.75) is 6.92 Å². The maximum Gasteiger partial charge on any atom is 0.347 e. The van der Waals surface area contributed by atoms with Crippen LogP contribution in [0.3, 0.4) is 0 Å². The van der Waals surface area contributed by atoms with Crippen LogP contribution in [0.25, 0.3) is 33.6 Å².